The Morgan fingerprint density at radius 1 is 1.28 bits per heavy atom. The van der Waals surface area contributed by atoms with Crippen molar-refractivity contribution in [3.05, 3.63) is 35.4 Å². The van der Waals surface area contributed by atoms with Crippen molar-refractivity contribution >= 4 is 18.4 Å². The van der Waals surface area contributed by atoms with Gasteiger partial charge < -0.3 is 15.6 Å². The highest BCUT2D eigenvalue weighted by Gasteiger charge is 2.22. The molecule has 1 atom stereocenters. The summed E-state index contributed by atoms with van der Waals surface area (Å²) in [5, 5.41) is 8.82. The number of nitrogens with two attached hydrogens (primary N) is 1. The Morgan fingerprint density at radius 2 is 1.83 bits per heavy atom. The molecule has 1 aromatic rings. The van der Waals surface area contributed by atoms with Crippen LogP contribution in [0.15, 0.2) is 24.3 Å². The first-order chi connectivity index (χ1) is 8.18. The number of carbonyl (C=O) groups is 1. The fraction of sp³-hybridized carbons (Fsp3) is 0.462. The summed E-state index contributed by atoms with van der Waals surface area (Å²) in [5.74, 6) is -0.476. The van der Waals surface area contributed by atoms with Crippen molar-refractivity contribution in [1.82, 2.24) is 0 Å². The average molecular weight is 272 g/mol. The molecule has 5 heteroatoms. The van der Waals surface area contributed by atoms with Gasteiger partial charge in [0.05, 0.1) is 5.56 Å². The predicted molar refractivity (Wildman–Crippen MR) is 71.1 cm³/mol. The first kappa shape index (κ1) is 15.0. The molecule has 1 saturated heterocycles. The Balaban J connectivity index is 0.00000162. The molecule has 0 aromatic heterocycles. The molecule has 0 spiro atoms. The van der Waals surface area contributed by atoms with Crippen LogP contribution < -0.4 is 5.73 Å². The molecule has 0 aliphatic carbocycles. The van der Waals surface area contributed by atoms with Gasteiger partial charge in [0.1, 0.15) is 0 Å². The minimum Gasteiger partial charge on any atom is -0.478 e. The maximum atomic E-state index is 10.7. The van der Waals surface area contributed by atoms with E-state index in [0.29, 0.717) is 11.5 Å². The number of ether oxygens (including phenoxy) is 1. The Bertz CT molecular complexity index is 388. The standard InChI is InChI=1S/C13H17NO3.ClH/c14-12(10-5-7-17-8-6-10)9-1-3-11(4-2-9)13(15)16;/h1-4,10,12H,5-8,14H2,(H,15,16);1H/t12-;/m0./s1. The molecule has 0 amide bonds. The summed E-state index contributed by atoms with van der Waals surface area (Å²) >= 11 is 0. The van der Waals surface area contributed by atoms with Crippen molar-refractivity contribution in [2.45, 2.75) is 18.9 Å². The minimum atomic E-state index is -0.906. The molecule has 3 N–H and O–H groups in total. The lowest BCUT2D eigenvalue weighted by Gasteiger charge is -2.27. The summed E-state index contributed by atoms with van der Waals surface area (Å²) in [6, 6.07) is 6.81. The van der Waals surface area contributed by atoms with Gasteiger partial charge in [-0.2, -0.15) is 0 Å². The fourth-order valence-electron chi connectivity index (χ4n) is 2.20. The highest BCUT2D eigenvalue weighted by Crippen LogP contribution is 2.28. The third-order valence-electron chi connectivity index (χ3n) is 3.32. The Morgan fingerprint density at radius 3 is 2.33 bits per heavy atom. The monoisotopic (exact) mass is 271 g/mol. The zero-order valence-corrected chi connectivity index (χ0v) is 10.9. The number of hydrogen-bond acceptors (Lipinski definition) is 3. The molecule has 2 rings (SSSR count). The molecule has 4 nitrogen and oxygen atoms in total. The topological polar surface area (TPSA) is 72.6 Å². The number of hydrogen-bond donors (Lipinski definition) is 2. The summed E-state index contributed by atoms with van der Waals surface area (Å²) in [6.45, 7) is 1.54. The maximum absolute atomic E-state index is 10.7. The molecular weight excluding hydrogens is 254 g/mol. The van der Waals surface area contributed by atoms with Gasteiger partial charge in [-0.05, 0) is 36.5 Å². The number of carboxylic acids is 1. The van der Waals surface area contributed by atoms with Gasteiger partial charge in [0.15, 0.2) is 0 Å². The minimum absolute atomic E-state index is 0. The summed E-state index contributed by atoms with van der Waals surface area (Å²) < 4.78 is 5.30. The lowest BCUT2D eigenvalue weighted by molar-refractivity contribution is 0.0584. The number of carboxylic acid groups (broad SMARTS) is 1. The number of halogens is 1. The largest absolute Gasteiger partial charge is 0.478 e. The molecule has 0 saturated carbocycles. The Labute approximate surface area is 113 Å². The van der Waals surface area contributed by atoms with Gasteiger partial charge in [-0.3, -0.25) is 0 Å². The summed E-state index contributed by atoms with van der Waals surface area (Å²) in [4.78, 5) is 10.7. The Kier molecular flexibility index (Phi) is 5.59. The van der Waals surface area contributed by atoms with Crippen LogP contribution in [0, 0.1) is 5.92 Å². The summed E-state index contributed by atoms with van der Waals surface area (Å²) in [6.07, 6.45) is 1.95. The van der Waals surface area contributed by atoms with E-state index in [1.165, 1.54) is 0 Å². The van der Waals surface area contributed by atoms with Crippen LogP contribution in [-0.2, 0) is 4.74 Å². The lowest BCUT2D eigenvalue weighted by atomic mass is 9.87. The molecule has 1 aliphatic rings. The van der Waals surface area contributed by atoms with E-state index in [4.69, 9.17) is 15.6 Å². The second-order valence-electron chi connectivity index (χ2n) is 4.40. The first-order valence-corrected chi connectivity index (χ1v) is 5.85. The van der Waals surface area contributed by atoms with Crippen LogP contribution in [0.3, 0.4) is 0 Å². The number of benzene rings is 1. The van der Waals surface area contributed by atoms with E-state index in [9.17, 15) is 4.79 Å². The molecule has 0 bridgehead atoms. The smallest absolute Gasteiger partial charge is 0.335 e. The first-order valence-electron chi connectivity index (χ1n) is 5.85. The van der Waals surface area contributed by atoms with E-state index in [1.54, 1.807) is 12.1 Å². The lowest BCUT2D eigenvalue weighted by Crippen LogP contribution is -2.27. The van der Waals surface area contributed by atoms with Gasteiger partial charge in [-0.1, -0.05) is 12.1 Å². The van der Waals surface area contributed by atoms with Gasteiger partial charge >= 0.3 is 5.97 Å². The predicted octanol–water partition coefficient (Wildman–Crippen LogP) is 2.23. The van der Waals surface area contributed by atoms with Crippen molar-refractivity contribution in [3.8, 4) is 0 Å². The zero-order valence-electron chi connectivity index (χ0n) is 10.0. The summed E-state index contributed by atoms with van der Waals surface area (Å²) in [5.41, 5.74) is 7.49. The third kappa shape index (κ3) is 3.45. The van der Waals surface area contributed by atoms with Gasteiger partial charge in [0.2, 0.25) is 0 Å². The van der Waals surface area contributed by atoms with Crippen LogP contribution in [0.25, 0.3) is 0 Å². The summed E-state index contributed by atoms with van der Waals surface area (Å²) in [7, 11) is 0. The van der Waals surface area contributed by atoms with Crippen LogP contribution in [0.1, 0.15) is 34.8 Å². The molecule has 18 heavy (non-hydrogen) atoms. The van der Waals surface area contributed by atoms with Crippen LogP contribution in [0.4, 0.5) is 0 Å². The van der Waals surface area contributed by atoms with Crippen LogP contribution in [-0.4, -0.2) is 24.3 Å². The van der Waals surface area contributed by atoms with Gasteiger partial charge in [0.25, 0.3) is 0 Å². The van der Waals surface area contributed by atoms with E-state index < -0.39 is 5.97 Å². The van der Waals surface area contributed by atoms with E-state index >= 15 is 0 Å². The van der Waals surface area contributed by atoms with Crippen molar-refractivity contribution in [1.29, 1.82) is 0 Å². The van der Waals surface area contributed by atoms with Crippen LogP contribution >= 0.6 is 12.4 Å². The zero-order chi connectivity index (χ0) is 12.3. The molecule has 100 valence electrons. The van der Waals surface area contributed by atoms with Gasteiger partial charge in [-0.25, -0.2) is 4.79 Å². The van der Waals surface area contributed by atoms with Crippen molar-refractivity contribution < 1.29 is 14.6 Å². The molecule has 0 radical (unpaired) electrons. The highest BCUT2D eigenvalue weighted by atomic mass is 35.5. The second kappa shape index (κ2) is 6.73. The molecular formula is C13H18ClNO3. The Hall–Kier alpha value is -1.10. The fourth-order valence-corrected chi connectivity index (χ4v) is 2.20. The van der Waals surface area contributed by atoms with E-state index in [2.05, 4.69) is 0 Å². The van der Waals surface area contributed by atoms with Crippen molar-refractivity contribution in [2.24, 2.45) is 11.7 Å². The van der Waals surface area contributed by atoms with Crippen LogP contribution in [0.5, 0.6) is 0 Å². The van der Waals surface area contributed by atoms with Crippen LogP contribution in [0.2, 0.25) is 0 Å². The number of aromatic carboxylic acids is 1. The van der Waals surface area contributed by atoms with E-state index in [-0.39, 0.29) is 18.4 Å². The van der Waals surface area contributed by atoms with Gasteiger partial charge in [0, 0.05) is 19.3 Å². The quantitative estimate of drug-likeness (QED) is 0.884. The van der Waals surface area contributed by atoms with Gasteiger partial charge in [-0.15, -0.1) is 12.4 Å². The SMILES string of the molecule is Cl.N[C@@H](c1ccc(C(=O)O)cc1)C1CCOCC1. The maximum Gasteiger partial charge on any atom is 0.335 e. The average Bonchev–Trinajstić information content (AvgIpc) is 2.39. The van der Waals surface area contributed by atoms with E-state index in [0.717, 1.165) is 31.6 Å². The third-order valence-corrected chi connectivity index (χ3v) is 3.32. The highest BCUT2D eigenvalue weighted by molar-refractivity contribution is 5.87. The molecule has 0 unspecified atom stereocenters. The normalized spacial score (nSPS) is 17.8. The van der Waals surface area contributed by atoms with E-state index in [1.807, 2.05) is 12.1 Å². The van der Waals surface area contributed by atoms with Crippen molar-refractivity contribution in [2.75, 3.05) is 13.2 Å². The molecule has 1 aliphatic heterocycles. The molecule has 1 fully saturated rings. The second-order valence-corrected chi connectivity index (χ2v) is 4.40. The molecule has 1 heterocycles. The number of rotatable bonds is 3. The van der Waals surface area contributed by atoms with Crippen molar-refractivity contribution in [3.63, 3.8) is 0 Å². The molecule has 1 aromatic carbocycles.